The Labute approximate surface area is 338 Å². The number of unbranched alkanes of at least 4 members (excludes halogenated alkanes) is 17. The van der Waals surface area contributed by atoms with Crippen LogP contribution >= 0.6 is 0 Å². The summed E-state index contributed by atoms with van der Waals surface area (Å²) in [6.45, 7) is 6.40. The number of carbonyl (C=O) groups is 2. The quantitative estimate of drug-likeness (QED) is 0.0380. The van der Waals surface area contributed by atoms with Gasteiger partial charge in [-0.15, -0.1) is 0 Å². The first-order valence-corrected chi connectivity index (χ1v) is 22.7. The van der Waals surface area contributed by atoms with Gasteiger partial charge in [0, 0.05) is 25.4 Å². The zero-order chi connectivity index (χ0) is 39.5. The van der Waals surface area contributed by atoms with Crippen LogP contribution in [0.3, 0.4) is 0 Å². The molecule has 0 aliphatic carbocycles. The van der Waals surface area contributed by atoms with Crippen LogP contribution < -0.4 is 0 Å². The van der Waals surface area contributed by atoms with Crippen LogP contribution in [-0.4, -0.2) is 31.8 Å². The number of rotatable bonds is 39. The maximum absolute atomic E-state index is 12.6. The van der Waals surface area contributed by atoms with E-state index >= 15 is 0 Å². The van der Waals surface area contributed by atoms with Crippen LogP contribution in [-0.2, 0) is 30.4 Å². The molecule has 1 aromatic carbocycles. The highest BCUT2D eigenvalue weighted by Crippen LogP contribution is 2.15. The van der Waals surface area contributed by atoms with Gasteiger partial charge in [-0.3, -0.25) is 9.59 Å². The van der Waals surface area contributed by atoms with Crippen molar-refractivity contribution in [3.05, 3.63) is 84.5 Å². The first-order valence-electron chi connectivity index (χ1n) is 22.7. The summed E-state index contributed by atoms with van der Waals surface area (Å²) >= 11 is 0. The molecule has 0 saturated heterocycles. The van der Waals surface area contributed by atoms with E-state index in [4.69, 9.17) is 14.2 Å². The lowest BCUT2D eigenvalue weighted by Gasteiger charge is -2.17. The molecular weight excluding hydrogens is 681 g/mol. The van der Waals surface area contributed by atoms with E-state index in [-0.39, 0.29) is 17.9 Å². The summed E-state index contributed by atoms with van der Waals surface area (Å²) in [6, 6.07) is 10.2. The molecule has 0 atom stereocenters. The summed E-state index contributed by atoms with van der Waals surface area (Å²) in [4.78, 5) is 25.1. The van der Waals surface area contributed by atoms with E-state index in [1.54, 1.807) is 0 Å². The van der Waals surface area contributed by atoms with Crippen molar-refractivity contribution in [3.8, 4) is 0 Å². The number of esters is 2. The number of ether oxygens (including phenoxy) is 3. The lowest BCUT2D eigenvalue weighted by molar-refractivity contribution is -0.149. The Morgan fingerprint density at radius 2 is 0.945 bits per heavy atom. The van der Waals surface area contributed by atoms with Crippen LogP contribution in [0.5, 0.6) is 0 Å². The van der Waals surface area contributed by atoms with Crippen molar-refractivity contribution in [1.29, 1.82) is 0 Å². The van der Waals surface area contributed by atoms with Gasteiger partial charge in [0.2, 0.25) is 0 Å². The summed E-state index contributed by atoms with van der Waals surface area (Å²) in [5, 5.41) is 0. The maximum Gasteiger partial charge on any atom is 0.305 e. The van der Waals surface area contributed by atoms with E-state index in [2.05, 4.69) is 74.6 Å². The Hall–Kier alpha value is -2.92. The van der Waals surface area contributed by atoms with Gasteiger partial charge in [-0.1, -0.05) is 163 Å². The van der Waals surface area contributed by atoms with E-state index in [1.165, 1.54) is 82.6 Å². The predicted molar refractivity (Wildman–Crippen MR) is 234 cm³/mol. The lowest BCUT2D eigenvalue weighted by Crippen LogP contribution is -2.21. The molecule has 0 spiro atoms. The molecule has 312 valence electrons. The van der Waals surface area contributed by atoms with Crippen LogP contribution in [0.4, 0.5) is 0 Å². The molecule has 0 aromatic heterocycles. The molecular formula is C50H82O5. The van der Waals surface area contributed by atoms with Gasteiger partial charge in [-0.05, 0) is 95.5 Å². The summed E-state index contributed by atoms with van der Waals surface area (Å²) < 4.78 is 17.2. The van der Waals surface area contributed by atoms with E-state index in [1.807, 2.05) is 18.2 Å². The van der Waals surface area contributed by atoms with Gasteiger partial charge in [0.1, 0.15) is 0 Å². The monoisotopic (exact) mass is 763 g/mol. The van der Waals surface area contributed by atoms with Crippen LogP contribution in [0.2, 0.25) is 0 Å². The summed E-state index contributed by atoms with van der Waals surface area (Å²) in [6.07, 6.45) is 47.4. The second-order valence-corrected chi connectivity index (χ2v) is 15.2. The van der Waals surface area contributed by atoms with Crippen molar-refractivity contribution >= 4 is 11.9 Å². The topological polar surface area (TPSA) is 61.8 Å². The zero-order valence-corrected chi connectivity index (χ0v) is 35.5. The average molecular weight is 763 g/mol. The van der Waals surface area contributed by atoms with E-state index < -0.39 is 0 Å². The fourth-order valence-electron chi connectivity index (χ4n) is 6.34. The third-order valence-electron chi connectivity index (χ3n) is 9.89. The number of hydrogen-bond donors (Lipinski definition) is 0. The van der Waals surface area contributed by atoms with Gasteiger partial charge in [0.05, 0.1) is 19.8 Å². The molecule has 0 aliphatic heterocycles. The van der Waals surface area contributed by atoms with Crippen LogP contribution in [0.1, 0.15) is 193 Å². The molecule has 0 heterocycles. The molecule has 0 amide bonds. The van der Waals surface area contributed by atoms with Crippen LogP contribution in [0, 0.1) is 5.92 Å². The van der Waals surface area contributed by atoms with Gasteiger partial charge in [0.15, 0.2) is 0 Å². The molecule has 5 nitrogen and oxygen atoms in total. The fraction of sp³-hybridized carbons (Fsp3) is 0.680. The van der Waals surface area contributed by atoms with Gasteiger partial charge >= 0.3 is 11.9 Å². The number of benzene rings is 1. The van der Waals surface area contributed by atoms with Gasteiger partial charge in [0.25, 0.3) is 0 Å². The van der Waals surface area contributed by atoms with Gasteiger partial charge < -0.3 is 14.2 Å². The Bertz CT molecular complexity index is 1040. The molecule has 1 aromatic rings. The largest absolute Gasteiger partial charge is 0.465 e. The standard InChI is InChI=1S/C50H82O5/c1-3-5-7-9-11-13-15-17-19-21-23-25-27-29-34-41-49(51)54-45-48(40-36-37-43-53-44-47-38-32-31-33-39-47)46-55-50(52)42-35-30-28-26-24-22-20-18-16-14-12-10-8-6-4-2/h11-14,17-20,31-33,38-39,48H,3-10,15-16,21-30,34-37,40-46H2,1-2H3/b13-11-,14-12-,19-17-,20-18-. The molecule has 0 aliphatic rings. The highest BCUT2D eigenvalue weighted by molar-refractivity contribution is 5.69. The average Bonchev–Trinajstić information content (AvgIpc) is 3.20. The summed E-state index contributed by atoms with van der Waals surface area (Å²) in [5.41, 5.74) is 1.17. The second-order valence-electron chi connectivity index (χ2n) is 15.2. The fourth-order valence-corrected chi connectivity index (χ4v) is 6.34. The Morgan fingerprint density at radius 1 is 0.509 bits per heavy atom. The molecule has 0 N–H and O–H groups in total. The highest BCUT2D eigenvalue weighted by atomic mass is 16.5. The Balaban J connectivity index is 2.23. The molecule has 0 saturated carbocycles. The number of hydrogen-bond acceptors (Lipinski definition) is 5. The Morgan fingerprint density at radius 3 is 1.42 bits per heavy atom. The summed E-state index contributed by atoms with van der Waals surface area (Å²) in [5.74, 6) is -0.270. The maximum atomic E-state index is 12.6. The first-order chi connectivity index (χ1) is 27.2. The van der Waals surface area contributed by atoms with Crippen molar-refractivity contribution in [2.24, 2.45) is 5.92 Å². The molecule has 5 heteroatoms. The van der Waals surface area contributed by atoms with E-state index in [0.717, 1.165) is 83.5 Å². The van der Waals surface area contributed by atoms with Crippen LogP contribution in [0.25, 0.3) is 0 Å². The van der Waals surface area contributed by atoms with Gasteiger partial charge in [-0.25, -0.2) is 0 Å². The van der Waals surface area contributed by atoms with Crippen LogP contribution in [0.15, 0.2) is 78.9 Å². The molecule has 0 bridgehead atoms. The Kier molecular flexibility index (Phi) is 37.1. The first kappa shape index (κ1) is 50.1. The minimum atomic E-state index is -0.140. The predicted octanol–water partition coefficient (Wildman–Crippen LogP) is 14.7. The van der Waals surface area contributed by atoms with Crippen molar-refractivity contribution in [2.45, 2.75) is 194 Å². The third kappa shape index (κ3) is 36.5. The number of allylic oxidation sites excluding steroid dienone is 8. The molecule has 55 heavy (non-hydrogen) atoms. The zero-order valence-electron chi connectivity index (χ0n) is 35.5. The lowest BCUT2D eigenvalue weighted by atomic mass is 10.0. The van der Waals surface area contributed by atoms with Crippen molar-refractivity contribution < 1.29 is 23.8 Å². The highest BCUT2D eigenvalue weighted by Gasteiger charge is 2.15. The minimum Gasteiger partial charge on any atom is -0.465 e. The molecule has 0 unspecified atom stereocenters. The van der Waals surface area contributed by atoms with Crippen molar-refractivity contribution in [2.75, 3.05) is 19.8 Å². The number of carbonyl (C=O) groups excluding carboxylic acids is 2. The SMILES string of the molecule is CCCCC/C=C\C/C=C\CCCCCCCC(=O)OCC(CCCCOCc1ccccc1)COC(=O)CCCCCCC/C=C\C/C=C\CCCCC. The minimum absolute atomic E-state index is 0.0104. The summed E-state index contributed by atoms with van der Waals surface area (Å²) in [7, 11) is 0. The third-order valence-corrected chi connectivity index (χ3v) is 9.89. The normalized spacial score (nSPS) is 12.0. The van der Waals surface area contributed by atoms with Crippen molar-refractivity contribution in [1.82, 2.24) is 0 Å². The second kappa shape index (κ2) is 40.7. The molecule has 0 fully saturated rings. The van der Waals surface area contributed by atoms with Crippen molar-refractivity contribution in [3.63, 3.8) is 0 Å². The molecule has 1 rings (SSSR count). The smallest absolute Gasteiger partial charge is 0.305 e. The van der Waals surface area contributed by atoms with E-state index in [9.17, 15) is 9.59 Å². The van der Waals surface area contributed by atoms with E-state index in [0.29, 0.717) is 39.3 Å². The van der Waals surface area contributed by atoms with Gasteiger partial charge in [-0.2, -0.15) is 0 Å². The molecule has 0 radical (unpaired) electrons.